The molecule has 7 nitrogen and oxygen atoms in total. The van der Waals surface area contributed by atoms with E-state index < -0.39 is 28.4 Å². The fourth-order valence-corrected chi connectivity index (χ4v) is 1.96. The lowest BCUT2D eigenvalue weighted by atomic mass is 10.1. The molecule has 1 aromatic carbocycles. The molecule has 1 amide bonds. The van der Waals surface area contributed by atoms with Crippen molar-refractivity contribution in [1.29, 1.82) is 0 Å². The van der Waals surface area contributed by atoms with E-state index in [9.17, 15) is 23.7 Å². The molecule has 1 atom stereocenters. The number of carbonyl (C=O) groups excluding carboxylic acids is 1. The summed E-state index contributed by atoms with van der Waals surface area (Å²) in [5.74, 6) is -2.94. The summed E-state index contributed by atoms with van der Waals surface area (Å²) in [6.07, 6.45) is 0. The van der Waals surface area contributed by atoms with Gasteiger partial charge in [-0.25, -0.2) is 8.78 Å². The van der Waals surface area contributed by atoms with Crippen molar-refractivity contribution in [3.63, 3.8) is 0 Å². The van der Waals surface area contributed by atoms with Gasteiger partial charge in [0.05, 0.1) is 35.0 Å². The molecule has 0 saturated carbocycles. The predicted octanol–water partition coefficient (Wildman–Crippen LogP) is 2.65. The Kier molecular flexibility index (Phi) is 4.68. The van der Waals surface area contributed by atoms with Gasteiger partial charge >= 0.3 is 5.82 Å². The van der Waals surface area contributed by atoms with Crippen molar-refractivity contribution >= 4 is 17.4 Å². The monoisotopic (exact) mass is 324 g/mol. The van der Waals surface area contributed by atoms with E-state index in [1.54, 1.807) is 13.8 Å². The van der Waals surface area contributed by atoms with E-state index in [-0.39, 0.29) is 18.1 Å². The molecule has 0 spiro atoms. The van der Waals surface area contributed by atoms with E-state index in [1.807, 2.05) is 0 Å². The Morgan fingerprint density at radius 1 is 1.43 bits per heavy atom. The Morgan fingerprint density at radius 2 is 2.13 bits per heavy atom. The van der Waals surface area contributed by atoms with Crippen molar-refractivity contribution in [2.24, 2.45) is 5.92 Å². The van der Waals surface area contributed by atoms with Crippen LogP contribution in [0, 0.1) is 34.6 Å². The lowest BCUT2D eigenvalue weighted by Gasteiger charge is -2.12. The first kappa shape index (κ1) is 16.5. The van der Waals surface area contributed by atoms with Crippen LogP contribution in [0.1, 0.15) is 12.6 Å². The van der Waals surface area contributed by atoms with Gasteiger partial charge < -0.3 is 15.4 Å². The number of hydrogen-bond donors (Lipinski definition) is 1. The Morgan fingerprint density at radius 3 is 2.74 bits per heavy atom. The number of nitro groups is 1. The van der Waals surface area contributed by atoms with Gasteiger partial charge in [0, 0.05) is 6.07 Å². The quantitative estimate of drug-likeness (QED) is 0.676. The summed E-state index contributed by atoms with van der Waals surface area (Å²) in [4.78, 5) is 22.1. The normalized spacial score (nSPS) is 12.0. The Hall–Kier alpha value is -2.84. The lowest BCUT2D eigenvalue weighted by Crippen LogP contribution is -2.25. The maximum Gasteiger partial charge on any atom is 0.390 e. The Labute approximate surface area is 130 Å². The largest absolute Gasteiger partial charge is 0.390 e. The van der Waals surface area contributed by atoms with Crippen LogP contribution < -0.4 is 5.32 Å². The van der Waals surface area contributed by atoms with E-state index in [1.165, 1.54) is 10.7 Å². The third-order valence-electron chi connectivity index (χ3n) is 3.24. The third-order valence-corrected chi connectivity index (χ3v) is 3.24. The van der Waals surface area contributed by atoms with Crippen molar-refractivity contribution in [2.75, 3.05) is 5.32 Å². The highest BCUT2D eigenvalue weighted by Gasteiger charge is 2.21. The molecule has 0 aliphatic rings. The summed E-state index contributed by atoms with van der Waals surface area (Å²) in [5.41, 5.74) is 0.262. The zero-order valence-electron chi connectivity index (χ0n) is 12.4. The van der Waals surface area contributed by atoms with Gasteiger partial charge in [-0.15, -0.1) is 0 Å². The second-order valence-electron chi connectivity index (χ2n) is 5.10. The van der Waals surface area contributed by atoms with Crippen LogP contribution in [0.5, 0.6) is 0 Å². The number of nitrogens with zero attached hydrogens (tertiary/aromatic N) is 3. The van der Waals surface area contributed by atoms with E-state index >= 15 is 0 Å². The van der Waals surface area contributed by atoms with Crippen molar-refractivity contribution in [3.05, 3.63) is 51.7 Å². The summed E-state index contributed by atoms with van der Waals surface area (Å²) in [7, 11) is 0. The lowest BCUT2D eigenvalue weighted by molar-refractivity contribution is -0.389. The van der Waals surface area contributed by atoms with Crippen molar-refractivity contribution in [1.82, 2.24) is 9.78 Å². The van der Waals surface area contributed by atoms with Crippen LogP contribution in [0.4, 0.5) is 20.3 Å². The molecule has 0 aliphatic carbocycles. The number of rotatable bonds is 5. The van der Waals surface area contributed by atoms with Gasteiger partial charge in [0.15, 0.2) is 0 Å². The minimum absolute atomic E-state index is 0.0719. The Bertz CT molecular complexity index is 760. The number of nitrogens with one attached hydrogen (secondary N) is 1. The molecule has 122 valence electrons. The number of carbonyl (C=O) groups is 1. The first-order valence-electron chi connectivity index (χ1n) is 6.72. The number of amides is 1. The zero-order valence-corrected chi connectivity index (χ0v) is 12.4. The molecule has 2 rings (SSSR count). The Balaban J connectivity index is 2.08. The van der Waals surface area contributed by atoms with Crippen molar-refractivity contribution in [2.45, 2.75) is 20.4 Å². The number of anilines is 1. The summed E-state index contributed by atoms with van der Waals surface area (Å²) in [6.45, 7) is 3.25. The number of aromatic nitrogens is 2. The number of hydrogen-bond acceptors (Lipinski definition) is 4. The minimum atomic E-state index is -0.752. The molecule has 0 fully saturated rings. The van der Waals surface area contributed by atoms with Crippen LogP contribution in [0.2, 0.25) is 0 Å². The highest BCUT2D eigenvalue weighted by molar-refractivity contribution is 5.92. The van der Waals surface area contributed by atoms with Gasteiger partial charge in [0.25, 0.3) is 0 Å². The van der Waals surface area contributed by atoms with Gasteiger partial charge in [-0.05, 0) is 24.0 Å². The molecule has 23 heavy (non-hydrogen) atoms. The van der Waals surface area contributed by atoms with Gasteiger partial charge in [0.2, 0.25) is 5.91 Å². The number of halogens is 2. The van der Waals surface area contributed by atoms with Crippen LogP contribution in [0.3, 0.4) is 0 Å². The third kappa shape index (κ3) is 3.87. The molecule has 1 aromatic heterocycles. The molecule has 9 heteroatoms. The molecule has 0 radical (unpaired) electrons. The number of benzene rings is 1. The molecule has 0 aliphatic heterocycles. The van der Waals surface area contributed by atoms with Crippen molar-refractivity contribution in [3.8, 4) is 0 Å². The van der Waals surface area contributed by atoms with E-state index in [4.69, 9.17) is 0 Å². The first-order chi connectivity index (χ1) is 10.8. The average Bonchev–Trinajstić information content (AvgIpc) is 2.84. The molecule has 1 heterocycles. The van der Waals surface area contributed by atoms with Gasteiger partial charge in [-0.3, -0.25) is 4.79 Å². The fourth-order valence-electron chi connectivity index (χ4n) is 1.96. The van der Waals surface area contributed by atoms with E-state index in [0.717, 1.165) is 18.2 Å². The van der Waals surface area contributed by atoms with Crippen LogP contribution in [0.25, 0.3) is 0 Å². The van der Waals surface area contributed by atoms with Crippen LogP contribution in [-0.2, 0) is 11.3 Å². The zero-order chi connectivity index (χ0) is 17.1. The molecule has 2 aromatic rings. The van der Waals surface area contributed by atoms with Gasteiger partial charge in [-0.2, -0.15) is 4.68 Å². The first-order valence-corrected chi connectivity index (χ1v) is 6.72. The maximum atomic E-state index is 13.5. The van der Waals surface area contributed by atoms with Crippen LogP contribution in [-0.4, -0.2) is 20.6 Å². The van der Waals surface area contributed by atoms with Crippen LogP contribution in [0.15, 0.2) is 24.3 Å². The topological polar surface area (TPSA) is 90.1 Å². The second-order valence-corrected chi connectivity index (χ2v) is 5.10. The summed E-state index contributed by atoms with van der Waals surface area (Å²) in [6, 6.07) is 4.03. The highest BCUT2D eigenvalue weighted by atomic mass is 19.1. The molecule has 1 N–H and O–H groups in total. The molecule has 1 unspecified atom stereocenters. The van der Waals surface area contributed by atoms with Gasteiger partial charge in [-0.1, -0.05) is 6.92 Å². The second kappa shape index (κ2) is 6.51. The fraction of sp³-hybridized carbons (Fsp3) is 0.286. The summed E-state index contributed by atoms with van der Waals surface area (Å²) >= 11 is 0. The summed E-state index contributed by atoms with van der Waals surface area (Å²) in [5, 5.41) is 16.7. The summed E-state index contributed by atoms with van der Waals surface area (Å²) < 4.78 is 27.9. The molecular weight excluding hydrogens is 310 g/mol. The average molecular weight is 324 g/mol. The van der Waals surface area contributed by atoms with Gasteiger partial charge in [0.1, 0.15) is 11.6 Å². The smallest absolute Gasteiger partial charge is 0.358 e. The molecule has 0 bridgehead atoms. The number of aryl methyl sites for hydroxylation is 1. The maximum absolute atomic E-state index is 13.5. The highest BCUT2D eigenvalue weighted by Crippen LogP contribution is 2.17. The minimum Gasteiger partial charge on any atom is -0.358 e. The molecule has 0 saturated heterocycles. The van der Waals surface area contributed by atoms with E-state index in [0.29, 0.717) is 5.69 Å². The molecular formula is C14H14F2N4O3. The van der Waals surface area contributed by atoms with Crippen LogP contribution >= 0.6 is 0 Å². The van der Waals surface area contributed by atoms with E-state index in [2.05, 4.69) is 10.4 Å². The predicted molar refractivity (Wildman–Crippen MR) is 77.8 cm³/mol. The van der Waals surface area contributed by atoms with Crippen molar-refractivity contribution < 1.29 is 18.5 Å². The SMILES string of the molecule is Cc1cc([N+](=O)[O-])nn1CC(C)C(=O)Nc1cc(F)ccc1F. The standard InChI is InChI=1S/C14H14F2N4O3/c1-8(7-19-9(2)5-13(18-19)20(22)23)14(21)17-12-6-10(15)3-4-11(12)16/h3-6,8H,7H2,1-2H3,(H,17,21).